The zero-order valence-corrected chi connectivity index (χ0v) is 18.1. The molecule has 0 aromatic heterocycles. The maximum atomic E-state index is 13.2. The molecule has 9 nitrogen and oxygen atoms in total. The molecule has 2 unspecified atom stereocenters. The Bertz CT molecular complexity index is 662. The van der Waals surface area contributed by atoms with E-state index in [0.29, 0.717) is 26.1 Å². The Morgan fingerprint density at radius 3 is 2.43 bits per heavy atom. The van der Waals surface area contributed by atoms with Crippen molar-refractivity contribution in [2.45, 2.75) is 76.9 Å². The maximum absolute atomic E-state index is 13.2. The molecule has 2 heterocycles. The molecule has 168 valence electrons. The zero-order valence-electron chi connectivity index (χ0n) is 18.1. The van der Waals surface area contributed by atoms with Gasteiger partial charge < -0.3 is 25.8 Å². The minimum absolute atomic E-state index is 0.00636. The maximum Gasteiger partial charge on any atom is 0.317 e. The van der Waals surface area contributed by atoms with E-state index in [4.69, 9.17) is 0 Å². The SMILES string of the molecule is CC(C)NC(=O)N1CCN(C(=O)C2CCCCC2)C(C(=O)NC2CCCNC2=O)C1. The van der Waals surface area contributed by atoms with Crippen molar-refractivity contribution in [1.82, 2.24) is 25.8 Å². The predicted octanol–water partition coefficient (Wildman–Crippen LogP) is 0.592. The predicted molar refractivity (Wildman–Crippen MR) is 111 cm³/mol. The number of hydrogen-bond donors (Lipinski definition) is 3. The summed E-state index contributed by atoms with van der Waals surface area (Å²) in [6.07, 6.45) is 6.30. The molecule has 1 aliphatic carbocycles. The number of urea groups is 1. The summed E-state index contributed by atoms with van der Waals surface area (Å²) in [5, 5.41) is 8.44. The first-order valence-corrected chi connectivity index (χ1v) is 11.3. The van der Waals surface area contributed by atoms with Crippen LogP contribution >= 0.6 is 0 Å². The van der Waals surface area contributed by atoms with Gasteiger partial charge in [-0.3, -0.25) is 14.4 Å². The molecule has 0 spiro atoms. The van der Waals surface area contributed by atoms with Gasteiger partial charge in [-0.2, -0.15) is 0 Å². The highest BCUT2D eigenvalue weighted by molar-refractivity contribution is 5.93. The van der Waals surface area contributed by atoms with Crippen LogP contribution in [0.2, 0.25) is 0 Å². The van der Waals surface area contributed by atoms with Crippen LogP contribution in [0.3, 0.4) is 0 Å². The number of nitrogens with one attached hydrogen (secondary N) is 3. The molecule has 0 aromatic carbocycles. The number of hydrogen-bond acceptors (Lipinski definition) is 4. The molecule has 3 fully saturated rings. The fraction of sp³-hybridized carbons (Fsp3) is 0.810. The lowest BCUT2D eigenvalue weighted by atomic mass is 9.87. The quantitative estimate of drug-likeness (QED) is 0.617. The van der Waals surface area contributed by atoms with Crippen LogP contribution in [0.4, 0.5) is 4.79 Å². The van der Waals surface area contributed by atoms with Crippen molar-refractivity contribution in [2.24, 2.45) is 5.92 Å². The summed E-state index contributed by atoms with van der Waals surface area (Å²) < 4.78 is 0. The van der Waals surface area contributed by atoms with Crippen LogP contribution in [-0.2, 0) is 14.4 Å². The number of amides is 5. The summed E-state index contributed by atoms with van der Waals surface area (Å²) in [6, 6.07) is -1.61. The van der Waals surface area contributed by atoms with Gasteiger partial charge in [-0.25, -0.2) is 4.79 Å². The third-order valence-corrected chi connectivity index (χ3v) is 6.22. The van der Waals surface area contributed by atoms with Gasteiger partial charge in [0.15, 0.2) is 0 Å². The highest BCUT2D eigenvalue weighted by Crippen LogP contribution is 2.27. The summed E-state index contributed by atoms with van der Waals surface area (Å²) in [6.45, 7) is 5.24. The third kappa shape index (κ3) is 5.43. The van der Waals surface area contributed by atoms with Gasteiger partial charge in [0.25, 0.3) is 0 Å². The molecule has 2 aliphatic heterocycles. The molecular formula is C21H35N5O4. The lowest BCUT2D eigenvalue weighted by Crippen LogP contribution is -2.65. The highest BCUT2D eigenvalue weighted by Gasteiger charge is 2.40. The average Bonchev–Trinajstić information content (AvgIpc) is 2.74. The molecule has 2 saturated heterocycles. The van der Waals surface area contributed by atoms with Crippen molar-refractivity contribution in [3.8, 4) is 0 Å². The molecule has 3 aliphatic rings. The van der Waals surface area contributed by atoms with Crippen LogP contribution in [0.1, 0.15) is 58.8 Å². The minimum Gasteiger partial charge on any atom is -0.354 e. The Hall–Kier alpha value is -2.32. The van der Waals surface area contributed by atoms with Crippen molar-refractivity contribution < 1.29 is 19.2 Å². The summed E-state index contributed by atoms with van der Waals surface area (Å²) in [5.41, 5.74) is 0. The van der Waals surface area contributed by atoms with Crippen molar-refractivity contribution in [3.05, 3.63) is 0 Å². The number of piperidine rings is 1. The highest BCUT2D eigenvalue weighted by atomic mass is 16.2. The van der Waals surface area contributed by atoms with E-state index in [1.54, 1.807) is 9.80 Å². The fourth-order valence-corrected chi connectivity index (χ4v) is 4.56. The largest absolute Gasteiger partial charge is 0.354 e. The molecule has 0 bridgehead atoms. The topological polar surface area (TPSA) is 111 Å². The molecule has 3 rings (SSSR count). The second kappa shape index (κ2) is 10.1. The number of carbonyl (C=O) groups excluding carboxylic acids is 4. The molecular weight excluding hydrogens is 386 g/mol. The van der Waals surface area contributed by atoms with E-state index in [1.807, 2.05) is 13.8 Å². The molecule has 5 amide bonds. The molecule has 30 heavy (non-hydrogen) atoms. The standard InChI is InChI=1S/C21H35N5O4/c1-14(2)23-21(30)25-11-12-26(20(29)15-7-4-3-5-8-15)17(13-25)19(28)24-16-9-6-10-22-18(16)27/h14-17H,3-13H2,1-2H3,(H,22,27)(H,23,30)(H,24,28). The molecule has 0 radical (unpaired) electrons. The first-order valence-electron chi connectivity index (χ1n) is 11.3. The first kappa shape index (κ1) is 22.4. The second-order valence-corrected chi connectivity index (χ2v) is 8.93. The number of rotatable bonds is 4. The normalized spacial score (nSPS) is 25.6. The molecule has 1 saturated carbocycles. The van der Waals surface area contributed by atoms with Crippen molar-refractivity contribution in [2.75, 3.05) is 26.2 Å². The van der Waals surface area contributed by atoms with Gasteiger partial charge >= 0.3 is 6.03 Å². The Kier molecular flexibility index (Phi) is 7.55. The van der Waals surface area contributed by atoms with Gasteiger partial charge in [-0.15, -0.1) is 0 Å². The van der Waals surface area contributed by atoms with Gasteiger partial charge in [0.05, 0.1) is 6.54 Å². The van der Waals surface area contributed by atoms with Crippen LogP contribution in [0.5, 0.6) is 0 Å². The minimum atomic E-state index is -0.777. The van der Waals surface area contributed by atoms with E-state index in [1.165, 1.54) is 0 Å². The van der Waals surface area contributed by atoms with Gasteiger partial charge in [0.2, 0.25) is 17.7 Å². The van der Waals surface area contributed by atoms with Gasteiger partial charge in [0.1, 0.15) is 12.1 Å². The van der Waals surface area contributed by atoms with E-state index < -0.39 is 12.1 Å². The summed E-state index contributed by atoms with van der Waals surface area (Å²) in [4.78, 5) is 54.2. The Balaban J connectivity index is 1.73. The monoisotopic (exact) mass is 421 g/mol. The van der Waals surface area contributed by atoms with Crippen molar-refractivity contribution in [1.29, 1.82) is 0 Å². The summed E-state index contributed by atoms with van der Waals surface area (Å²) >= 11 is 0. The smallest absolute Gasteiger partial charge is 0.317 e. The van der Waals surface area contributed by atoms with Crippen LogP contribution in [-0.4, -0.2) is 77.9 Å². The van der Waals surface area contributed by atoms with E-state index in [0.717, 1.165) is 38.5 Å². The Morgan fingerprint density at radius 2 is 1.77 bits per heavy atom. The molecule has 9 heteroatoms. The Labute approximate surface area is 178 Å². The van der Waals surface area contributed by atoms with Crippen LogP contribution in [0, 0.1) is 5.92 Å². The second-order valence-electron chi connectivity index (χ2n) is 8.93. The van der Waals surface area contributed by atoms with Crippen molar-refractivity contribution in [3.63, 3.8) is 0 Å². The summed E-state index contributed by atoms with van der Waals surface area (Å²) in [7, 11) is 0. The first-order chi connectivity index (χ1) is 14.4. The third-order valence-electron chi connectivity index (χ3n) is 6.22. The number of nitrogens with zero attached hydrogens (tertiary/aromatic N) is 2. The van der Waals surface area contributed by atoms with Crippen molar-refractivity contribution >= 4 is 23.8 Å². The van der Waals surface area contributed by atoms with Crippen LogP contribution in [0.25, 0.3) is 0 Å². The van der Waals surface area contributed by atoms with Gasteiger partial charge in [0, 0.05) is 31.6 Å². The van der Waals surface area contributed by atoms with E-state index in [-0.39, 0.29) is 42.3 Å². The molecule has 2 atom stereocenters. The number of carbonyl (C=O) groups is 4. The zero-order chi connectivity index (χ0) is 21.7. The lowest BCUT2D eigenvalue weighted by Gasteiger charge is -2.42. The number of piperazine rings is 1. The molecule has 0 aromatic rings. The molecule has 3 N–H and O–H groups in total. The van der Waals surface area contributed by atoms with Gasteiger partial charge in [-0.05, 0) is 39.5 Å². The van der Waals surface area contributed by atoms with Crippen LogP contribution < -0.4 is 16.0 Å². The fourth-order valence-electron chi connectivity index (χ4n) is 4.56. The Morgan fingerprint density at radius 1 is 1.03 bits per heavy atom. The summed E-state index contributed by atoms with van der Waals surface area (Å²) in [5.74, 6) is -0.594. The van der Waals surface area contributed by atoms with Gasteiger partial charge in [-0.1, -0.05) is 19.3 Å². The van der Waals surface area contributed by atoms with Crippen LogP contribution in [0.15, 0.2) is 0 Å². The van der Waals surface area contributed by atoms with E-state index >= 15 is 0 Å². The lowest BCUT2D eigenvalue weighted by molar-refractivity contribution is -0.148. The van der Waals surface area contributed by atoms with E-state index in [9.17, 15) is 19.2 Å². The van der Waals surface area contributed by atoms with E-state index in [2.05, 4.69) is 16.0 Å². The average molecular weight is 422 g/mol.